The van der Waals surface area contributed by atoms with Crippen LogP contribution in [0.5, 0.6) is 0 Å². The number of aryl methyl sites for hydroxylation is 1. The van der Waals surface area contributed by atoms with Crippen molar-refractivity contribution in [2.75, 3.05) is 0 Å². The van der Waals surface area contributed by atoms with Crippen LogP contribution in [0.1, 0.15) is 29.5 Å². The number of hydrogen-bond donors (Lipinski definition) is 1. The molecule has 0 amide bonds. The fourth-order valence-electron chi connectivity index (χ4n) is 2.84. The van der Waals surface area contributed by atoms with Gasteiger partial charge in [0.25, 0.3) is 0 Å². The van der Waals surface area contributed by atoms with Crippen molar-refractivity contribution in [2.45, 2.75) is 25.8 Å². The molecule has 1 N–H and O–H groups in total. The summed E-state index contributed by atoms with van der Waals surface area (Å²) < 4.78 is 0. The number of fused-ring (bicyclic) bond motifs is 1. The van der Waals surface area contributed by atoms with Crippen molar-refractivity contribution in [3.8, 4) is 0 Å². The minimum absolute atomic E-state index is 0.0158. The Morgan fingerprint density at radius 3 is 2.52 bits per heavy atom. The summed E-state index contributed by atoms with van der Waals surface area (Å²) in [6.07, 6.45) is 3.63. The Morgan fingerprint density at radius 1 is 1.00 bits per heavy atom. The van der Waals surface area contributed by atoms with Gasteiger partial charge in [-0.1, -0.05) is 54.6 Å². The van der Waals surface area contributed by atoms with Crippen molar-refractivity contribution in [3.63, 3.8) is 0 Å². The van der Waals surface area contributed by atoms with Crippen LogP contribution in [-0.2, 0) is 17.8 Å². The minimum atomic E-state index is -0.817. The number of carboxylic acid groups (broad SMARTS) is 1. The van der Waals surface area contributed by atoms with Crippen molar-refractivity contribution < 1.29 is 9.90 Å². The van der Waals surface area contributed by atoms with E-state index in [9.17, 15) is 9.90 Å². The van der Waals surface area contributed by atoms with Gasteiger partial charge in [0.15, 0.2) is 0 Å². The van der Waals surface area contributed by atoms with Crippen molar-refractivity contribution in [3.05, 3.63) is 76.9 Å². The zero-order valence-electron chi connectivity index (χ0n) is 12.9. The fraction of sp³-hybridized carbons (Fsp3) is 0.200. The van der Waals surface area contributed by atoms with E-state index in [0.717, 1.165) is 35.3 Å². The standard InChI is InChI=1S/C20H19NO2/c22-20(23)13-18-12-16-8-4-5-9-17(16)14-21-19(18)11-10-15-6-2-1-3-7-15/h1-9,12H,10-11,13-14H2,(H,22,23). The normalized spacial score (nSPS) is 13.6. The van der Waals surface area contributed by atoms with Crippen LogP contribution in [0.2, 0.25) is 0 Å². The molecule has 0 saturated carbocycles. The van der Waals surface area contributed by atoms with Gasteiger partial charge < -0.3 is 5.11 Å². The first-order valence-corrected chi connectivity index (χ1v) is 7.80. The molecule has 1 aliphatic rings. The molecule has 0 radical (unpaired) electrons. The number of hydrogen-bond acceptors (Lipinski definition) is 2. The molecule has 3 heteroatoms. The van der Waals surface area contributed by atoms with Crippen LogP contribution in [0, 0.1) is 0 Å². The second-order valence-electron chi connectivity index (χ2n) is 5.69. The average molecular weight is 305 g/mol. The summed E-state index contributed by atoms with van der Waals surface area (Å²) >= 11 is 0. The predicted octanol–water partition coefficient (Wildman–Crippen LogP) is 4.13. The van der Waals surface area contributed by atoms with Gasteiger partial charge >= 0.3 is 5.97 Å². The van der Waals surface area contributed by atoms with E-state index in [1.807, 2.05) is 48.5 Å². The van der Waals surface area contributed by atoms with Crippen LogP contribution in [0.25, 0.3) is 6.08 Å². The van der Waals surface area contributed by atoms with E-state index < -0.39 is 5.97 Å². The molecule has 0 atom stereocenters. The fourth-order valence-corrected chi connectivity index (χ4v) is 2.84. The monoisotopic (exact) mass is 305 g/mol. The van der Waals surface area contributed by atoms with Gasteiger partial charge in [-0.2, -0.15) is 0 Å². The highest BCUT2D eigenvalue weighted by Crippen LogP contribution is 2.23. The number of carboxylic acids is 1. The van der Waals surface area contributed by atoms with Crippen LogP contribution in [-0.4, -0.2) is 16.8 Å². The second-order valence-corrected chi connectivity index (χ2v) is 5.69. The number of benzene rings is 2. The minimum Gasteiger partial charge on any atom is -0.481 e. The van der Waals surface area contributed by atoms with E-state index in [4.69, 9.17) is 4.99 Å². The molecule has 2 aromatic rings. The SMILES string of the molecule is O=C(O)CC1=Cc2ccccc2CN=C1CCc1ccccc1. The third-order valence-corrected chi connectivity index (χ3v) is 4.03. The van der Waals surface area contributed by atoms with E-state index >= 15 is 0 Å². The van der Waals surface area contributed by atoms with Crippen molar-refractivity contribution in [1.29, 1.82) is 0 Å². The Hall–Kier alpha value is -2.68. The van der Waals surface area contributed by atoms with E-state index in [0.29, 0.717) is 6.54 Å². The molecule has 2 aromatic carbocycles. The smallest absolute Gasteiger partial charge is 0.307 e. The third-order valence-electron chi connectivity index (χ3n) is 4.03. The molecule has 3 rings (SSSR count). The predicted molar refractivity (Wildman–Crippen MR) is 92.6 cm³/mol. The maximum atomic E-state index is 11.2. The van der Waals surface area contributed by atoms with Gasteiger partial charge in [-0.25, -0.2) is 0 Å². The summed E-state index contributed by atoms with van der Waals surface area (Å²) in [5.41, 5.74) is 5.18. The quantitative estimate of drug-likeness (QED) is 0.903. The Labute approximate surface area is 136 Å². The number of aliphatic imine (C=N–C) groups is 1. The van der Waals surface area contributed by atoms with Gasteiger partial charge in [-0.3, -0.25) is 9.79 Å². The van der Waals surface area contributed by atoms with Crippen LogP contribution in [0.3, 0.4) is 0 Å². The topological polar surface area (TPSA) is 49.7 Å². The van der Waals surface area contributed by atoms with Crippen LogP contribution in [0.15, 0.2) is 65.2 Å². The first-order valence-electron chi connectivity index (χ1n) is 7.80. The van der Waals surface area contributed by atoms with Gasteiger partial charge in [-0.15, -0.1) is 0 Å². The second kappa shape index (κ2) is 7.05. The van der Waals surface area contributed by atoms with E-state index in [1.54, 1.807) is 0 Å². The van der Waals surface area contributed by atoms with Gasteiger partial charge in [0.2, 0.25) is 0 Å². The molecule has 0 aliphatic carbocycles. The molecule has 23 heavy (non-hydrogen) atoms. The maximum absolute atomic E-state index is 11.2. The largest absolute Gasteiger partial charge is 0.481 e. The lowest BCUT2D eigenvalue weighted by atomic mass is 9.97. The summed E-state index contributed by atoms with van der Waals surface area (Å²) in [7, 11) is 0. The zero-order chi connectivity index (χ0) is 16.1. The van der Waals surface area contributed by atoms with Crippen molar-refractivity contribution in [2.24, 2.45) is 4.99 Å². The summed E-state index contributed by atoms with van der Waals surface area (Å²) in [5, 5.41) is 9.21. The molecule has 116 valence electrons. The molecule has 0 aromatic heterocycles. The lowest BCUT2D eigenvalue weighted by molar-refractivity contribution is -0.136. The van der Waals surface area contributed by atoms with Gasteiger partial charge in [-0.05, 0) is 41.2 Å². The molecule has 0 bridgehead atoms. The lowest BCUT2D eigenvalue weighted by Crippen LogP contribution is -2.09. The Kier molecular flexibility index (Phi) is 4.67. The first-order chi connectivity index (χ1) is 11.2. The highest BCUT2D eigenvalue weighted by molar-refractivity contribution is 6.07. The van der Waals surface area contributed by atoms with Crippen LogP contribution in [0.4, 0.5) is 0 Å². The van der Waals surface area contributed by atoms with Gasteiger partial charge in [0, 0.05) is 5.71 Å². The van der Waals surface area contributed by atoms with Crippen LogP contribution >= 0.6 is 0 Å². The molecule has 0 saturated heterocycles. The summed E-state index contributed by atoms with van der Waals surface area (Å²) in [4.78, 5) is 15.9. The zero-order valence-corrected chi connectivity index (χ0v) is 12.9. The van der Waals surface area contributed by atoms with E-state index in [-0.39, 0.29) is 6.42 Å². The Morgan fingerprint density at radius 2 is 1.74 bits per heavy atom. The molecular weight excluding hydrogens is 286 g/mol. The number of nitrogens with zero attached hydrogens (tertiary/aromatic N) is 1. The lowest BCUT2D eigenvalue weighted by Gasteiger charge is -2.08. The first kappa shape index (κ1) is 15.2. The third kappa shape index (κ3) is 3.95. The molecular formula is C20H19NO2. The Balaban J connectivity index is 1.85. The molecule has 0 spiro atoms. The molecule has 0 fully saturated rings. The Bertz CT molecular complexity index is 760. The summed E-state index contributed by atoms with van der Waals surface area (Å²) in [6, 6.07) is 18.3. The number of aliphatic carboxylic acids is 1. The summed E-state index contributed by atoms with van der Waals surface area (Å²) in [5.74, 6) is -0.817. The van der Waals surface area contributed by atoms with Crippen LogP contribution < -0.4 is 0 Å². The van der Waals surface area contributed by atoms with Gasteiger partial charge in [0.1, 0.15) is 0 Å². The van der Waals surface area contributed by atoms with E-state index in [2.05, 4.69) is 12.1 Å². The maximum Gasteiger partial charge on any atom is 0.307 e. The number of carbonyl (C=O) groups is 1. The highest BCUT2D eigenvalue weighted by Gasteiger charge is 2.15. The van der Waals surface area contributed by atoms with Gasteiger partial charge in [0.05, 0.1) is 13.0 Å². The highest BCUT2D eigenvalue weighted by atomic mass is 16.4. The van der Waals surface area contributed by atoms with Crippen molar-refractivity contribution >= 4 is 17.8 Å². The molecule has 0 unspecified atom stereocenters. The number of rotatable bonds is 5. The molecule has 1 heterocycles. The molecule has 1 aliphatic heterocycles. The van der Waals surface area contributed by atoms with Crippen molar-refractivity contribution in [1.82, 2.24) is 0 Å². The summed E-state index contributed by atoms with van der Waals surface area (Å²) in [6.45, 7) is 0.611. The average Bonchev–Trinajstić information content (AvgIpc) is 2.72. The van der Waals surface area contributed by atoms with E-state index in [1.165, 1.54) is 5.56 Å². The molecule has 3 nitrogen and oxygen atoms in total.